The van der Waals surface area contributed by atoms with Crippen LogP contribution >= 0.6 is 11.3 Å². The fourth-order valence-electron chi connectivity index (χ4n) is 3.95. The van der Waals surface area contributed by atoms with E-state index < -0.39 is 10.0 Å². The minimum Gasteiger partial charge on any atom is -0.346 e. The molecule has 4 aromatic rings. The van der Waals surface area contributed by atoms with E-state index in [9.17, 15) is 18.0 Å². The lowest BCUT2D eigenvalue weighted by atomic mass is 9.97. The van der Waals surface area contributed by atoms with Crippen molar-refractivity contribution in [3.05, 3.63) is 88.1 Å². The summed E-state index contributed by atoms with van der Waals surface area (Å²) in [6.07, 6.45) is 5.65. The van der Waals surface area contributed by atoms with Gasteiger partial charge in [0.05, 0.1) is 23.4 Å². The molecule has 1 atom stereocenters. The van der Waals surface area contributed by atoms with Crippen LogP contribution in [-0.2, 0) is 23.6 Å². The molecule has 4 rings (SSSR count). The van der Waals surface area contributed by atoms with Crippen LogP contribution in [0.2, 0.25) is 0 Å². The number of sulfonamides is 1. The summed E-state index contributed by atoms with van der Waals surface area (Å²) in [4.78, 5) is 26.1. The lowest BCUT2D eigenvalue weighted by Gasteiger charge is -2.18. The minimum absolute atomic E-state index is 0.106. The van der Waals surface area contributed by atoms with Crippen molar-refractivity contribution in [1.82, 2.24) is 19.8 Å². The van der Waals surface area contributed by atoms with Crippen molar-refractivity contribution >= 4 is 33.6 Å². The number of rotatable bonds is 9. The molecule has 0 aliphatic carbocycles. The summed E-state index contributed by atoms with van der Waals surface area (Å²) in [5, 5.41) is 7.36. The van der Waals surface area contributed by atoms with E-state index in [4.69, 9.17) is 0 Å². The third-order valence-electron chi connectivity index (χ3n) is 5.95. The average molecular weight is 537 g/mol. The number of carbonyl (C=O) groups excluding carboxylic acids is 2. The van der Waals surface area contributed by atoms with Crippen molar-refractivity contribution < 1.29 is 18.0 Å². The number of nitrogens with zero attached hydrogens (tertiary/aromatic N) is 2. The molecule has 1 amide bonds. The Kier molecular flexibility index (Phi) is 7.72. The Morgan fingerprint density at radius 2 is 1.86 bits per heavy atom. The van der Waals surface area contributed by atoms with Crippen LogP contribution < -0.4 is 10.0 Å². The molecule has 0 radical (unpaired) electrons. The van der Waals surface area contributed by atoms with Crippen LogP contribution in [0, 0.1) is 6.92 Å². The van der Waals surface area contributed by atoms with Crippen molar-refractivity contribution in [3.8, 4) is 21.6 Å². The molecule has 0 aliphatic rings. The van der Waals surface area contributed by atoms with E-state index in [1.807, 2.05) is 45.3 Å². The van der Waals surface area contributed by atoms with Crippen LogP contribution in [0.3, 0.4) is 0 Å². The highest BCUT2D eigenvalue weighted by Crippen LogP contribution is 2.34. The monoisotopic (exact) mass is 536 g/mol. The van der Waals surface area contributed by atoms with Gasteiger partial charge in [0.2, 0.25) is 10.0 Å². The maximum atomic E-state index is 13.3. The Labute approximate surface area is 220 Å². The highest BCUT2D eigenvalue weighted by molar-refractivity contribution is 7.88. The molecule has 2 aromatic carbocycles. The first kappa shape index (κ1) is 26.5. The van der Waals surface area contributed by atoms with Gasteiger partial charge in [-0.25, -0.2) is 13.1 Å². The number of aromatic nitrogens is 2. The zero-order chi connectivity index (χ0) is 26.7. The van der Waals surface area contributed by atoms with Gasteiger partial charge in [0.1, 0.15) is 0 Å². The molecule has 0 aliphatic heterocycles. The molecule has 0 fully saturated rings. The molecule has 2 heterocycles. The second-order valence-corrected chi connectivity index (χ2v) is 12.0. The molecule has 37 heavy (non-hydrogen) atoms. The zero-order valence-corrected chi connectivity index (χ0v) is 22.6. The molecule has 0 saturated carbocycles. The van der Waals surface area contributed by atoms with Gasteiger partial charge in [-0.2, -0.15) is 5.10 Å². The summed E-state index contributed by atoms with van der Waals surface area (Å²) in [6, 6.07) is 14.8. The van der Waals surface area contributed by atoms with Gasteiger partial charge in [-0.3, -0.25) is 14.3 Å². The van der Waals surface area contributed by atoms with E-state index in [1.165, 1.54) is 11.3 Å². The van der Waals surface area contributed by atoms with Crippen molar-refractivity contribution in [2.24, 2.45) is 7.05 Å². The number of hydrogen-bond acceptors (Lipinski definition) is 6. The molecule has 10 heteroatoms. The molecule has 8 nitrogen and oxygen atoms in total. The van der Waals surface area contributed by atoms with Crippen LogP contribution in [-0.4, -0.2) is 36.6 Å². The molecule has 2 aromatic heterocycles. The topological polar surface area (TPSA) is 110 Å². The van der Waals surface area contributed by atoms with Gasteiger partial charge < -0.3 is 5.32 Å². The number of hydrogen-bond donors (Lipinski definition) is 2. The average Bonchev–Trinajstić information content (AvgIpc) is 3.52. The standard InChI is InChI=1S/C27H28N4O4S2/c1-17-5-6-19(13-29-37(4,34)35)9-25(17)27(33)30-18(2)20-10-21(23-14-28-31(3)15-23)12-22(11-20)26-8-7-24(16-32)36-26/h5-12,14-16,18,29H,13H2,1-4H3,(H,30,33). The van der Waals surface area contributed by atoms with E-state index in [1.54, 1.807) is 35.1 Å². The lowest BCUT2D eigenvalue weighted by Crippen LogP contribution is -2.28. The predicted octanol–water partition coefficient (Wildman–Crippen LogP) is 4.48. The van der Waals surface area contributed by atoms with Crippen molar-refractivity contribution in [1.29, 1.82) is 0 Å². The van der Waals surface area contributed by atoms with Gasteiger partial charge in [0.25, 0.3) is 5.91 Å². The van der Waals surface area contributed by atoms with E-state index in [-0.39, 0.29) is 18.5 Å². The fourth-order valence-corrected chi connectivity index (χ4v) is 5.19. The molecule has 0 bridgehead atoms. The van der Waals surface area contributed by atoms with Gasteiger partial charge in [-0.15, -0.1) is 11.3 Å². The number of aldehydes is 1. The first-order chi connectivity index (χ1) is 17.5. The van der Waals surface area contributed by atoms with Gasteiger partial charge in [-0.05, 0) is 78.1 Å². The highest BCUT2D eigenvalue weighted by Gasteiger charge is 2.17. The third-order valence-corrected chi connectivity index (χ3v) is 7.68. The second-order valence-electron chi connectivity index (χ2n) is 9.00. The zero-order valence-electron chi connectivity index (χ0n) is 21.0. The fraction of sp³-hybridized carbons (Fsp3) is 0.222. The molecular formula is C27H28N4O4S2. The Morgan fingerprint density at radius 3 is 2.51 bits per heavy atom. The molecule has 2 N–H and O–H groups in total. The van der Waals surface area contributed by atoms with E-state index in [0.29, 0.717) is 16.0 Å². The predicted molar refractivity (Wildman–Crippen MR) is 146 cm³/mol. The number of nitrogens with one attached hydrogen (secondary N) is 2. The van der Waals surface area contributed by atoms with Gasteiger partial charge in [0.15, 0.2) is 6.29 Å². The number of benzene rings is 2. The Morgan fingerprint density at radius 1 is 1.11 bits per heavy atom. The SMILES string of the molecule is Cc1ccc(CNS(C)(=O)=O)cc1C(=O)NC(C)c1cc(-c2cnn(C)c2)cc(-c2ccc(C=O)s2)c1. The summed E-state index contributed by atoms with van der Waals surface area (Å²) in [5.74, 6) is -0.251. The van der Waals surface area contributed by atoms with Crippen LogP contribution in [0.4, 0.5) is 0 Å². The molecule has 192 valence electrons. The van der Waals surface area contributed by atoms with E-state index in [2.05, 4.69) is 21.2 Å². The summed E-state index contributed by atoms with van der Waals surface area (Å²) in [6.45, 7) is 3.87. The van der Waals surface area contributed by atoms with Gasteiger partial charge >= 0.3 is 0 Å². The maximum absolute atomic E-state index is 13.3. The highest BCUT2D eigenvalue weighted by atomic mass is 32.2. The number of amides is 1. The first-order valence-corrected chi connectivity index (χ1v) is 14.3. The smallest absolute Gasteiger partial charge is 0.252 e. The van der Waals surface area contributed by atoms with Crippen LogP contribution in [0.25, 0.3) is 21.6 Å². The normalized spacial score (nSPS) is 12.3. The number of aryl methyl sites for hydroxylation is 2. The minimum atomic E-state index is -3.35. The van der Waals surface area contributed by atoms with Gasteiger partial charge in [0, 0.05) is 35.8 Å². The number of thiophene rings is 1. The summed E-state index contributed by atoms with van der Waals surface area (Å²) in [5.41, 5.74) is 5.71. The summed E-state index contributed by atoms with van der Waals surface area (Å²) >= 11 is 1.41. The van der Waals surface area contributed by atoms with E-state index in [0.717, 1.165) is 45.2 Å². The second kappa shape index (κ2) is 10.8. The lowest BCUT2D eigenvalue weighted by molar-refractivity contribution is 0.0939. The Bertz CT molecular complexity index is 1570. The van der Waals surface area contributed by atoms with Crippen LogP contribution in [0.5, 0.6) is 0 Å². The van der Waals surface area contributed by atoms with Crippen LogP contribution in [0.1, 0.15) is 49.7 Å². The molecule has 0 saturated heterocycles. The molecule has 1 unspecified atom stereocenters. The van der Waals surface area contributed by atoms with Crippen LogP contribution in [0.15, 0.2) is 60.9 Å². The largest absolute Gasteiger partial charge is 0.346 e. The molecule has 0 spiro atoms. The van der Waals surface area contributed by atoms with E-state index >= 15 is 0 Å². The van der Waals surface area contributed by atoms with Crippen molar-refractivity contribution in [3.63, 3.8) is 0 Å². The first-order valence-electron chi connectivity index (χ1n) is 11.6. The summed E-state index contributed by atoms with van der Waals surface area (Å²) in [7, 11) is -1.49. The molecular weight excluding hydrogens is 508 g/mol. The number of carbonyl (C=O) groups is 2. The third kappa shape index (κ3) is 6.59. The van der Waals surface area contributed by atoms with Crippen molar-refractivity contribution in [2.45, 2.75) is 26.4 Å². The maximum Gasteiger partial charge on any atom is 0.252 e. The van der Waals surface area contributed by atoms with Gasteiger partial charge in [-0.1, -0.05) is 12.1 Å². The Balaban J connectivity index is 1.64. The summed E-state index contributed by atoms with van der Waals surface area (Å²) < 4.78 is 27.1. The van der Waals surface area contributed by atoms with Crippen molar-refractivity contribution in [2.75, 3.05) is 6.26 Å². The Hall–Kier alpha value is -3.60. The quantitative estimate of drug-likeness (QED) is 0.307.